The predicted molar refractivity (Wildman–Crippen MR) is 150 cm³/mol. The first-order valence-corrected chi connectivity index (χ1v) is 13.3. The molecular formula is C30H40N4O5. The van der Waals surface area contributed by atoms with Gasteiger partial charge in [-0.25, -0.2) is 4.79 Å². The summed E-state index contributed by atoms with van der Waals surface area (Å²) in [7, 11) is 0. The maximum Gasteiger partial charge on any atom is 0.408 e. The SMILES string of the molecule is Cc1ccc(C(C(=O)Nc2ccccc2C)N(C(=O)C(CC(N)=O)NC(=O)OC(C)(C)C)C2CCC2)c(C)c1. The van der Waals surface area contributed by atoms with Gasteiger partial charge < -0.3 is 26.0 Å². The Hall–Kier alpha value is -3.88. The Kier molecular flexibility index (Phi) is 9.37. The van der Waals surface area contributed by atoms with E-state index >= 15 is 0 Å². The number of para-hydroxylation sites is 1. The molecule has 2 aromatic carbocycles. The number of aryl methyl sites for hydroxylation is 3. The summed E-state index contributed by atoms with van der Waals surface area (Å²) in [4.78, 5) is 54.4. The molecule has 0 bridgehead atoms. The number of anilines is 1. The Morgan fingerprint density at radius 1 is 1.03 bits per heavy atom. The molecule has 4 N–H and O–H groups in total. The Balaban J connectivity index is 2.07. The second-order valence-corrected chi connectivity index (χ2v) is 11.3. The molecule has 1 aliphatic carbocycles. The molecule has 1 aliphatic rings. The first kappa shape index (κ1) is 29.7. The molecule has 1 fully saturated rings. The molecule has 0 spiro atoms. The quantitative estimate of drug-likeness (QED) is 0.436. The topological polar surface area (TPSA) is 131 Å². The van der Waals surface area contributed by atoms with Crippen LogP contribution in [0.4, 0.5) is 10.5 Å². The number of nitrogens with one attached hydrogen (secondary N) is 2. The van der Waals surface area contributed by atoms with E-state index in [9.17, 15) is 19.2 Å². The van der Waals surface area contributed by atoms with E-state index in [2.05, 4.69) is 10.6 Å². The van der Waals surface area contributed by atoms with Gasteiger partial charge in [-0.05, 0) is 83.6 Å². The van der Waals surface area contributed by atoms with Gasteiger partial charge in [-0.15, -0.1) is 0 Å². The smallest absolute Gasteiger partial charge is 0.408 e. The molecule has 3 rings (SSSR count). The van der Waals surface area contributed by atoms with Crippen molar-refractivity contribution in [3.05, 3.63) is 64.7 Å². The fourth-order valence-corrected chi connectivity index (χ4v) is 4.68. The van der Waals surface area contributed by atoms with Crippen molar-refractivity contribution in [2.75, 3.05) is 5.32 Å². The zero-order chi connectivity index (χ0) is 28.9. The number of carbonyl (C=O) groups excluding carboxylic acids is 4. The summed E-state index contributed by atoms with van der Waals surface area (Å²) >= 11 is 0. The number of rotatable bonds is 9. The summed E-state index contributed by atoms with van der Waals surface area (Å²) in [6.07, 6.45) is 1.01. The Bertz CT molecular complexity index is 1230. The largest absolute Gasteiger partial charge is 0.444 e. The summed E-state index contributed by atoms with van der Waals surface area (Å²) in [5, 5.41) is 5.54. The highest BCUT2D eigenvalue weighted by molar-refractivity contribution is 6.00. The first-order chi connectivity index (χ1) is 18.3. The minimum Gasteiger partial charge on any atom is -0.444 e. The van der Waals surface area contributed by atoms with Gasteiger partial charge in [0.25, 0.3) is 5.91 Å². The lowest BCUT2D eigenvalue weighted by Crippen LogP contribution is -2.57. The van der Waals surface area contributed by atoms with Gasteiger partial charge in [0.15, 0.2) is 0 Å². The second kappa shape index (κ2) is 12.3. The van der Waals surface area contributed by atoms with E-state index in [-0.39, 0.29) is 11.9 Å². The van der Waals surface area contributed by atoms with Crippen molar-refractivity contribution in [3.63, 3.8) is 0 Å². The van der Waals surface area contributed by atoms with E-state index in [4.69, 9.17) is 10.5 Å². The highest BCUT2D eigenvalue weighted by Crippen LogP contribution is 2.36. The number of benzene rings is 2. The molecule has 9 heteroatoms. The Labute approximate surface area is 230 Å². The normalized spacial score (nSPS) is 14.9. The lowest BCUT2D eigenvalue weighted by molar-refractivity contribution is -0.146. The summed E-state index contributed by atoms with van der Waals surface area (Å²) in [5.74, 6) is -1.70. The van der Waals surface area contributed by atoms with E-state index in [0.29, 0.717) is 24.1 Å². The Morgan fingerprint density at radius 2 is 1.69 bits per heavy atom. The molecule has 2 unspecified atom stereocenters. The van der Waals surface area contributed by atoms with Crippen LogP contribution in [0.3, 0.4) is 0 Å². The highest BCUT2D eigenvalue weighted by atomic mass is 16.6. The van der Waals surface area contributed by atoms with Crippen molar-refractivity contribution >= 4 is 29.5 Å². The monoisotopic (exact) mass is 536 g/mol. The fraction of sp³-hybridized carbons (Fsp3) is 0.467. The number of primary amides is 1. The van der Waals surface area contributed by atoms with E-state index in [1.807, 2.05) is 63.2 Å². The Morgan fingerprint density at radius 3 is 2.23 bits per heavy atom. The molecule has 9 nitrogen and oxygen atoms in total. The standard InChI is InChI=1S/C30H40N4O5/c1-18-14-15-22(20(3)16-18)26(27(36)32-23-13-8-7-10-19(23)2)34(21-11-9-12-21)28(37)24(17-25(31)35)33-29(38)39-30(4,5)6/h7-8,10,13-16,21,24,26H,9,11-12,17H2,1-6H3,(H2,31,35)(H,32,36)(H,33,38). The van der Waals surface area contributed by atoms with Crippen LogP contribution in [0.15, 0.2) is 42.5 Å². The highest BCUT2D eigenvalue weighted by Gasteiger charge is 2.43. The number of nitrogens with zero attached hydrogens (tertiary/aromatic N) is 1. The molecule has 2 aromatic rings. The van der Waals surface area contributed by atoms with Crippen LogP contribution in [0.2, 0.25) is 0 Å². The van der Waals surface area contributed by atoms with Gasteiger partial charge in [0.1, 0.15) is 17.7 Å². The van der Waals surface area contributed by atoms with Crippen molar-refractivity contribution in [2.45, 2.75) is 91.0 Å². The average Bonchev–Trinajstić information content (AvgIpc) is 2.77. The van der Waals surface area contributed by atoms with Crippen molar-refractivity contribution in [1.82, 2.24) is 10.2 Å². The van der Waals surface area contributed by atoms with Crippen molar-refractivity contribution in [3.8, 4) is 0 Å². The average molecular weight is 537 g/mol. The number of hydrogen-bond donors (Lipinski definition) is 3. The fourth-order valence-electron chi connectivity index (χ4n) is 4.68. The molecule has 4 amide bonds. The minimum atomic E-state index is -1.29. The molecule has 0 saturated heterocycles. The molecule has 210 valence electrons. The van der Waals surface area contributed by atoms with Gasteiger partial charge in [-0.3, -0.25) is 14.4 Å². The maximum atomic E-state index is 14.2. The zero-order valence-corrected chi connectivity index (χ0v) is 23.7. The van der Waals surface area contributed by atoms with Gasteiger partial charge in [0, 0.05) is 11.7 Å². The van der Waals surface area contributed by atoms with E-state index < -0.39 is 42.0 Å². The molecule has 0 heterocycles. The molecule has 0 aromatic heterocycles. The molecular weight excluding hydrogens is 496 g/mol. The minimum absolute atomic E-state index is 0.248. The lowest BCUT2D eigenvalue weighted by Gasteiger charge is -2.44. The number of carbonyl (C=O) groups is 4. The van der Waals surface area contributed by atoms with Crippen LogP contribution in [0.5, 0.6) is 0 Å². The zero-order valence-electron chi connectivity index (χ0n) is 23.7. The van der Waals surface area contributed by atoms with Gasteiger partial charge in [-0.1, -0.05) is 42.0 Å². The van der Waals surface area contributed by atoms with E-state index in [1.165, 1.54) is 4.90 Å². The van der Waals surface area contributed by atoms with Crippen LogP contribution >= 0.6 is 0 Å². The van der Waals surface area contributed by atoms with E-state index in [1.54, 1.807) is 20.8 Å². The molecule has 0 radical (unpaired) electrons. The number of hydrogen-bond acceptors (Lipinski definition) is 5. The first-order valence-electron chi connectivity index (χ1n) is 13.3. The number of amides is 4. The maximum absolute atomic E-state index is 14.2. The molecule has 1 saturated carbocycles. The van der Waals surface area contributed by atoms with Gasteiger partial charge in [0.05, 0.1) is 6.42 Å². The second-order valence-electron chi connectivity index (χ2n) is 11.3. The van der Waals surface area contributed by atoms with Gasteiger partial charge in [0.2, 0.25) is 11.8 Å². The number of ether oxygens (including phenoxy) is 1. The number of nitrogens with two attached hydrogens (primary N) is 1. The third kappa shape index (κ3) is 7.81. The molecule has 39 heavy (non-hydrogen) atoms. The van der Waals surface area contributed by atoms with Crippen LogP contribution < -0.4 is 16.4 Å². The van der Waals surface area contributed by atoms with Crippen molar-refractivity contribution < 1.29 is 23.9 Å². The predicted octanol–water partition coefficient (Wildman–Crippen LogP) is 4.44. The van der Waals surface area contributed by atoms with Crippen LogP contribution in [0.1, 0.15) is 74.8 Å². The summed E-state index contributed by atoms with van der Waals surface area (Å²) in [5.41, 5.74) is 8.73. The third-order valence-electron chi connectivity index (χ3n) is 6.77. The van der Waals surface area contributed by atoms with Crippen LogP contribution in [0.25, 0.3) is 0 Å². The lowest BCUT2D eigenvalue weighted by atomic mass is 9.87. The number of alkyl carbamates (subject to hydrolysis) is 1. The van der Waals surface area contributed by atoms with E-state index in [0.717, 1.165) is 23.1 Å². The summed E-state index contributed by atoms with van der Waals surface area (Å²) < 4.78 is 5.35. The van der Waals surface area contributed by atoms with Crippen LogP contribution in [-0.2, 0) is 19.1 Å². The van der Waals surface area contributed by atoms with Crippen LogP contribution in [-0.4, -0.2) is 46.4 Å². The summed E-state index contributed by atoms with van der Waals surface area (Å²) in [6.45, 7) is 10.9. The van der Waals surface area contributed by atoms with Gasteiger partial charge in [-0.2, -0.15) is 0 Å². The van der Waals surface area contributed by atoms with Crippen molar-refractivity contribution in [1.29, 1.82) is 0 Å². The summed E-state index contributed by atoms with van der Waals surface area (Å²) in [6, 6.07) is 10.6. The van der Waals surface area contributed by atoms with Crippen molar-refractivity contribution in [2.24, 2.45) is 5.73 Å². The molecule has 0 aliphatic heterocycles. The molecule has 2 atom stereocenters. The van der Waals surface area contributed by atoms with Crippen LogP contribution in [0, 0.1) is 20.8 Å². The third-order valence-corrected chi connectivity index (χ3v) is 6.77. The van der Waals surface area contributed by atoms with Gasteiger partial charge >= 0.3 is 6.09 Å².